The van der Waals surface area contributed by atoms with Gasteiger partial charge < -0.3 is 10.5 Å². The Morgan fingerprint density at radius 1 is 1.22 bits per heavy atom. The molecule has 0 bridgehead atoms. The van der Waals surface area contributed by atoms with Gasteiger partial charge in [0.1, 0.15) is 23.9 Å². The summed E-state index contributed by atoms with van der Waals surface area (Å²) < 4.78 is 32.5. The Labute approximate surface area is 139 Å². The van der Waals surface area contributed by atoms with E-state index in [1.807, 2.05) is 17.5 Å². The van der Waals surface area contributed by atoms with E-state index in [1.165, 1.54) is 17.5 Å². The second-order valence-corrected chi connectivity index (χ2v) is 5.86. The molecule has 0 aliphatic heterocycles. The molecule has 0 unspecified atom stereocenters. The molecule has 0 saturated heterocycles. The molecule has 0 atom stereocenters. The molecule has 2 N–H and O–H groups in total. The zero-order valence-corrected chi connectivity index (χ0v) is 13.2. The van der Waals surface area contributed by atoms with Crippen LogP contribution in [0.15, 0.2) is 35.8 Å². The third-order valence-corrected chi connectivity index (χ3v) is 4.33. The number of nitrogens with zero attached hydrogens (tertiary/aromatic N) is 2. The molecule has 118 valence electrons. The van der Waals surface area contributed by atoms with Crippen LogP contribution < -0.4 is 10.5 Å². The molecular formula is C15H10ClF2N3OS. The highest BCUT2D eigenvalue weighted by atomic mass is 35.5. The van der Waals surface area contributed by atoms with Gasteiger partial charge in [0.15, 0.2) is 5.82 Å². The molecule has 0 saturated carbocycles. The van der Waals surface area contributed by atoms with Crippen molar-refractivity contribution < 1.29 is 13.5 Å². The lowest BCUT2D eigenvalue weighted by Crippen LogP contribution is -2.06. The topological polar surface area (TPSA) is 61.0 Å². The Balaban J connectivity index is 1.86. The van der Waals surface area contributed by atoms with Gasteiger partial charge in [-0.25, -0.2) is 18.7 Å². The van der Waals surface area contributed by atoms with Crippen LogP contribution in [0.25, 0.3) is 10.6 Å². The molecular weight excluding hydrogens is 344 g/mol. The lowest BCUT2D eigenvalue weighted by Gasteiger charge is -2.10. The maximum absolute atomic E-state index is 13.7. The molecule has 0 aliphatic carbocycles. The summed E-state index contributed by atoms with van der Waals surface area (Å²) in [7, 11) is 0. The lowest BCUT2D eigenvalue weighted by atomic mass is 10.2. The molecule has 2 aromatic heterocycles. The van der Waals surface area contributed by atoms with Crippen molar-refractivity contribution in [1.82, 2.24) is 9.97 Å². The summed E-state index contributed by atoms with van der Waals surface area (Å²) in [5.41, 5.74) is 6.19. The van der Waals surface area contributed by atoms with Crippen LogP contribution in [0.1, 0.15) is 5.56 Å². The monoisotopic (exact) mass is 353 g/mol. The second-order valence-electron chi connectivity index (χ2n) is 4.53. The number of aromatic nitrogens is 2. The van der Waals surface area contributed by atoms with Gasteiger partial charge in [0.2, 0.25) is 0 Å². The van der Waals surface area contributed by atoms with E-state index >= 15 is 0 Å². The van der Waals surface area contributed by atoms with E-state index in [9.17, 15) is 8.78 Å². The number of nitrogens with two attached hydrogens (primary N) is 1. The number of anilines is 1. The van der Waals surface area contributed by atoms with Crippen LogP contribution in [0.4, 0.5) is 14.6 Å². The van der Waals surface area contributed by atoms with E-state index in [4.69, 9.17) is 22.1 Å². The van der Waals surface area contributed by atoms with Gasteiger partial charge in [0, 0.05) is 5.56 Å². The van der Waals surface area contributed by atoms with E-state index in [-0.39, 0.29) is 28.9 Å². The summed E-state index contributed by atoms with van der Waals surface area (Å²) in [5, 5.41) is 1.57. The number of rotatable bonds is 4. The molecule has 0 fully saturated rings. The van der Waals surface area contributed by atoms with E-state index < -0.39 is 11.6 Å². The Morgan fingerprint density at radius 3 is 2.74 bits per heavy atom. The van der Waals surface area contributed by atoms with Crippen molar-refractivity contribution in [2.24, 2.45) is 0 Å². The van der Waals surface area contributed by atoms with Crippen LogP contribution in [-0.2, 0) is 6.61 Å². The number of nitrogen functional groups attached to an aromatic ring is 1. The quantitative estimate of drug-likeness (QED) is 0.710. The number of hydrogen-bond acceptors (Lipinski definition) is 5. The van der Waals surface area contributed by atoms with Crippen molar-refractivity contribution in [3.8, 4) is 16.5 Å². The van der Waals surface area contributed by atoms with Crippen molar-refractivity contribution in [2.45, 2.75) is 6.61 Å². The molecule has 2 heterocycles. The van der Waals surface area contributed by atoms with Gasteiger partial charge in [0.25, 0.3) is 5.88 Å². The van der Waals surface area contributed by atoms with Crippen molar-refractivity contribution in [2.75, 3.05) is 5.73 Å². The number of thiophene rings is 1. The molecule has 23 heavy (non-hydrogen) atoms. The summed E-state index contributed by atoms with van der Waals surface area (Å²) >= 11 is 7.24. The smallest absolute Gasteiger partial charge is 0.258 e. The molecule has 0 radical (unpaired) electrons. The van der Waals surface area contributed by atoms with Gasteiger partial charge in [-0.3, -0.25) is 0 Å². The first-order valence-electron chi connectivity index (χ1n) is 6.48. The lowest BCUT2D eigenvalue weighted by molar-refractivity contribution is 0.288. The van der Waals surface area contributed by atoms with Crippen molar-refractivity contribution in [3.63, 3.8) is 0 Å². The Morgan fingerprint density at radius 2 is 2.00 bits per heavy atom. The van der Waals surface area contributed by atoms with E-state index in [0.29, 0.717) is 5.69 Å². The van der Waals surface area contributed by atoms with E-state index in [2.05, 4.69) is 9.97 Å². The maximum atomic E-state index is 13.7. The third-order valence-electron chi connectivity index (χ3n) is 3.03. The highest BCUT2D eigenvalue weighted by Gasteiger charge is 2.15. The summed E-state index contributed by atoms with van der Waals surface area (Å²) in [6.45, 7) is -0.310. The Kier molecular flexibility index (Phi) is 4.40. The molecule has 3 rings (SSSR count). The van der Waals surface area contributed by atoms with Gasteiger partial charge in [-0.15, -0.1) is 11.3 Å². The highest BCUT2D eigenvalue weighted by Crippen LogP contribution is 2.28. The summed E-state index contributed by atoms with van der Waals surface area (Å²) in [6, 6.07) is 5.68. The first kappa shape index (κ1) is 15.6. The fourth-order valence-corrected chi connectivity index (χ4v) is 2.76. The van der Waals surface area contributed by atoms with E-state index in [0.717, 1.165) is 17.0 Å². The number of hydrogen-bond donors (Lipinski definition) is 1. The predicted molar refractivity (Wildman–Crippen MR) is 85.5 cm³/mol. The van der Waals surface area contributed by atoms with Gasteiger partial charge in [-0.1, -0.05) is 17.7 Å². The van der Waals surface area contributed by atoms with Crippen LogP contribution >= 0.6 is 22.9 Å². The first-order chi connectivity index (χ1) is 11.1. The van der Waals surface area contributed by atoms with Crippen LogP contribution in [0.3, 0.4) is 0 Å². The molecule has 0 amide bonds. The predicted octanol–water partition coefficient (Wildman–Crippen LogP) is 4.30. The normalized spacial score (nSPS) is 10.7. The Hall–Kier alpha value is -2.25. The van der Waals surface area contributed by atoms with Crippen molar-refractivity contribution in [3.05, 3.63) is 58.1 Å². The molecule has 3 aromatic rings. The van der Waals surface area contributed by atoms with Crippen molar-refractivity contribution >= 4 is 28.8 Å². The van der Waals surface area contributed by atoms with Gasteiger partial charge in [-0.05, 0) is 23.6 Å². The van der Waals surface area contributed by atoms with Gasteiger partial charge in [0.05, 0.1) is 16.1 Å². The number of halogens is 3. The minimum atomic E-state index is -0.724. The van der Waals surface area contributed by atoms with Gasteiger partial charge >= 0.3 is 0 Å². The average molecular weight is 354 g/mol. The first-order valence-corrected chi connectivity index (χ1v) is 7.73. The highest BCUT2D eigenvalue weighted by molar-refractivity contribution is 7.13. The molecule has 0 spiro atoms. The van der Waals surface area contributed by atoms with Crippen LogP contribution in [0.5, 0.6) is 5.88 Å². The zero-order valence-electron chi connectivity index (χ0n) is 11.6. The molecule has 4 nitrogen and oxygen atoms in total. The average Bonchev–Trinajstić information content (AvgIpc) is 3.07. The Bertz CT molecular complexity index is 843. The fraction of sp³-hybridized carbons (Fsp3) is 0.0667. The third kappa shape index (κ3) is 3.25. The SMILES string of the molecule is Nc1ncc(-c2cccs2)nc1OCc1c(F)ccc(F)c1Cl. The standard InChI is InChI=1S/C15H10ClF2N3OS/c16-13-8(9(17)3-4-10(13)18)7-22-15-14(19)20-6-11(21-15)12-2-1-5-23-12/h1-6H,7H2,(H2,19,20). The fourth-order valence-electron chi connectivity index (χ4n) is 1.87. The van der Waals surface area contributed by atoms with Crippen molar-refractivity contribution in [1.29, 1.82) is 0 Å². The zero-order chi connectivity index (χ0) is 16.4. The summed E-state index contributed by atoms with van der Waals surface area (Å²) in [6.07, 6.45) is 1.52. The minimum absolute atomic E-state index is 0.0376. The minimum Gasteiger partial charge on any atom is -0.470 e. The maximum Gasteiger partial charge on any atom is 0.258 e. The number of ether oxygens (including phenoxy) is 1. The van der Waals surface area contributed by atoms with Crippen LogP contribution in [0, 0.1) is 11.6 Å². The second kappa shape index (κ2) is 6.47. The van der Waals surface area contributed by atoms with E-state index in [1.54, 1.807) is 0 Å². The summed E-state index contributed by atoms with van der Waals surface area (Å²) in [4.78, 5) is 9.15. The molecule has 0 aliphatic rings. The largest absolute Gasteiger partial charge is 0.470 e. The number of benzene rings is 1. The summed E-state index contributed by atoms with van der Waals surface area (Å²) in [5.74, 6) is -1.30. The van der Waals surface area contributed by atoms with Crippen LogP contribution in [0.2, 0.25) is 5.02 Å². The van der Waals surface area contributed by atoms with Crippen LogP contribution in [-0.4, -0.2) is 9.97 Å². The molecule has 1 aromatic carbocycles. The molecule has 8 heteroatoms. The van der Waals surface area contributed by atoms with Gasteiger partial charge in [-0.2, -0.15) is 0 Å².